The molecule has 1 amide bonds. The van der Waals surface area contributed by atoms with E-state index in [1.165, 1.54) is 58.6 Å². The van der Waals surface area contributed by atoms with Crippen molar-refractivity contribution in [3.05, 3.63) is 129 Å². The number of amides is 1. The Balaban J connectivity index is 0.887. The number of hydrogen-bond acceptors (Lipinski definition) is 8. The van der Waals surface area contributed by atoms with Crippen LogP contribution in [0.25, 0.3) is 11.3 Å². The Morgan fingerprint density at radius 2 is 1.72 bits per heavy atom. The maximum absolute atomic E-state index is 15.7. The van der Waals surface area contributed by atoms with Crippen LogP contribution in [0.15, 0.2) is 88.3 Å². The fourth-order valence-electron chi connectivity index (χ4n) is 9.60. The number of nitrogens with one attached hydrogen (secondary N) is 1. The summed E-state index contributed by atoms with van der Waals surface area (Å²) in [5.74, 6) is -1.89. The summed E-state index contributed by atoms with van der Waals surface area (Å²) in [4.78, 5) is 41.9. The van der Waals surface area contributed by atoms with Crippen LogP contribution in [-0.4, -0.2) is 128 Å². The zero-order chi connectivity index (χ0) is 45.7. The van der Waals surface area contributed by atoms with Crippen molar-refractivity contribution in [2.24, 2.45) is 10.9 Å². The third-order valence-electron chi connectivity index (χ3n) is 13.4. The van der Waals surface area contributed by atoms with E-state index in [1.807, 2.05) is 19.1 Å². The van der Waals surface area contributed by atoms with Crippen LogP contribution < -0.4 is 15.8 Å². The highest BCUT2D eigenvalue weighted by atomic mass is 19.1. The number of benzene rings is 2. The van der Waals surface area contributed by atoms with Crippen LogP contribution in [0, 0.1) is 30.3 Å². The number of aryl methyl sites for hydroxylation is 1. The number of carbonyl (C=O) groups is 1. The van der Waals surface area contributed by atoms with Gasteiger partial charge in [-0.2, -0.15) is 0 Å². The molecule has 2 saturated heterocycles. The Hall–Kier alpha value is -5.24. The minimum Gasteiger partial charge on any atom is -0.386 e. The molecule has 342 valence electrons. The van der Waals surface area contributed by atoms with Crippen LogP contribution >= 0.6 is 0 Å². The molecule has 0 spiro atoms. The van der Waals surface area contributed by atoms with Crippen molar-refractivity contribution in [2.75, 3.05) is 90.3 Å². The number of piperazine rings is 1. The van der Waals surface area contributed by atoms with Crippen LogP contribution in [0.5, 0.6) is 0 Å². The average molecular weight is 879 g/mol. The Labute approximate surface area is 377 Å². The summed E-state index contributed by atoms with van der Waals surface area (Å²) >= 11 is 0. The van der Waals surface area contributed by atoms with Gasteiger partial charge in [0.15, 0.2) is 5.82 Å². The standard InChI is InChI=1S/C51H65F3N8O2/c1-34(24-36(3)47(12-17-55-5)62-33-45(54)46(56-6)28-49(62)63)29-58-18-15-40(16-19-58)50-43(52)26-41(27-44(50)53)51(64)60-20-13-38(14-21-60)32-61-23-22-59(30-37(61)4)31-39-9-8-35(2)48(25-39)57(7)42-10-11-42/h8-9,12,15,17,24-28,33,37-38,42,56H,3,10-11,13-14,16,18-23,29-32H2,1-2,4-7H3/b34-24+,47-12+,55-17?. The average Bonchev–Trinajstić information content (AvgIpc) is 4.13. The predicted octanol–water partition coefficient (Wildman–Crippen LogP) is 8.11. The zero-order valence-electron chi connectivity index (χ0n) is 38.5. The van der Waals surface area contributed by atoms with E-state index >= 15 is 8.78 Å². The number of aliphatic imine (C=N–C) groups is 1. The van der Waals surface area contributed by atoms with Gasteiger partial charge in [-0.05, 0) is 105 Å². The van der Waals surface area contributed by atoms with Gasteiger partial charge >= 0.3 is 0 Å². The number of hydrogen-bond donors (Lipinski definition) is 1. The first-order chi connectivity index (χ1) is 30.7. The molecule has 1 aromatic heterocycles. The molecule has 10 nitrogen and oxygen atoms in total. The van der Waals surface area contributed by atoms with Gasteiger partial charge < -0.3 is 15.1 Å². The van der Waals surface area contributed by atoms with Gasteiger partial charge in [-0.25, -0.2) is 13.2 Å². The summed E-state index contributed by atoms with van der Waals surface area (Å²) in [5.41, 5.74) is 6.07. The molecule has 3 aromatic rings. The Kier molecular flexibility index (Phi) is 15.1. The van der Waals surface area contributed by atoms with Crippen molar-refractivity contribution < 1.29 is 18.0 Å². The quantitative estimate of drug-likeness (QED) is 0.122. The predicted molar refractivity (Wildman–Crippen MR) is 255 cm³/mol. The summed E-state index contributed by atoms with van der Waals surface area (Å²) < 4.78 is 47.3. The number of likely N-dealkylation sites (tertiary alicyclic amines) is 1. The summed E-state index contributed by atoms with van der Waals surface area (Å²) in [7, 11) is 5.36. The second-order valence-corrected chi connectivity index (χ2v) is 18.3. The summed E-state index contributed by atoms with van der Waals surface area (Å²) in [6.45, 7) is 18.3. The number of anilines is 2. The first-order valence-electron chi connectivity index (χ1n) is 22.8. The maximum Gasteiger partial charge on any atom is 0.257 e. The van der Waals surface area contributed by atoms with Gasteiger partial charge in [0.25, 0.3) is 11.5 Å². The van der Waals surface area contributed by atoms with E-state index in [9.17, 15) is 14.0 Å². The molecule has 64 heavy (non-hydrogen) atoms. The molecule has 0 bridgehead atoms. The molecule has 4 heterocycles. The van der Waals surface area contributed by atoms with E-state index in [0.717, 1.165) is 57.3 Å². The lowest BCUT2D eigenvalue weighted by molar-refractivity contribution is 0.0481. The molecular formula is C51H65F3N8O2. The molecule has 3 aliphatic heterocycles. The summed E-state index contributed by atoms with van der Waals surface area (Å²) in [6, 6.07) is 11.6. The van der Waals surface area contributed by atoms with Crippen molar-refractivity contribution in [3.63, 3.8) is 0 Å². The number of allylic oxidation sites excluding steroid dienone is 4. The van der Waals surface area contributed by atoms with Gasteiger partial charge in [-0.3, -0.25) is 33.8 Å². The number of pyridine rings is 1. The Bertz CT molecular complexity index is 2370. The molecule has 0 radical (unpaired) electrons. The Morgan fingerprint density at radius 3 is 2.36 bits per heavy atom. The van der Waals surface area contributed by atoms with Gasteiger partial charge in [0, 0.05) is 128 Å². The van der Waals surface area contributed by atoms with E-state index in [0.29, 0.717) is 74.0 Å². The fraction of sp³-hybridized carbons (Fsp3) is 0.471. The van der Waals surface area contributed by atoms with E-state index in [-0.39, 0.29) is 22.7 Å². The second kappa shape index (κ2) is 20.7. The van der Waals surface area contributed by atoms with Crippen molar-refractivity contribution in [1.82, 2.24) is 24.2 Å². The SMILES string of the molecule is C=C(/C=C(\C)CN1CC=C(c2c(F)cc(C(=O)N3CCC(CN4CCN(Cc5ccc(C)c(N(C)C6CC6)c5)CC4C)CC3)cc2F)CC1)/C(=C\C=NC)n1cc(F)c(NC)cc1=O. The van der Waals surface area contributed by atoms with Crippen molar-refractivity contribution >= 4 is 34.8 Å². The number of rotatable bonds is 15. The highest BCUT2D eigenvalue weighted by molar-refractivity contribution is 5.95. The highest BCUT2D eigenvalue weighted by Crippen LogP contribution is 2.34. The van der Waals surface area contributed by atoms with Gasteiger partial charge in [0.05, 0.1) is 17.6 Å². The first-order valence-corrected chi connectivity index (χ1v) is 22.8. The van der Waals surface area contributed by atoms with E-state index in [1.54, 1.807) is 25.1 Å². The van der Waals surface area contributed by atoms with Gasteiger partial charge in [-0.1, -0.05) is 36.4 Å². The van der Waals surface area contributed by atoms with Crippen molar-refractivity contribution in [1.29, 1.82) is 0 Å². The molecule has 1 atom stereocenters. The lowest BCUT2D eigenvalue weighted by atomic mass is 9.94. The smallest absolute Gasteiger partial charge is 0.257 e. The van der Waals surface area contributed by atoms with E-state index in [2.05, 4.69) is 75.6 Å². The molecule has 4 aliphatic rings. The normalized spacial score (nSPS) is 19.9. The number of halogens is 3. The van der Waals surface area contributed by atoms with Crippen LogP contribution in [0.2, 0.25) is 0 Å². The largest absolute Gasteiger partial charge is 0.386 e. The molecule has 1 aliphatic carbocycles. The zero-order valence-corrected chi connectivity index (χ0v) is 38.5. The minimum absolute atomic E-state index is 0.0439. The third kappa shape index (κ3) is 11.2. The fourth-order valence-corrected chi connectivity index (χ4v) is 9.60. The number of carbonyl (C=O) groups excluding carboxylic acids is 1. The second-order valence-electron chi connectivity index (χ2n) is 18.3. The molecule has 13 heteroatoms. The monoisotopic (exact) mass is 879 g/mol. The summed E-state index contributed by atoms with van der Waals surface area (Å²) in [6.07, 6.45) is 12.6. The van der Waals surface area contributed by atoms with Crippen LogP contribution in [0.4, 0.5) is 24.5 Å². The van der Waals surface area contributed by atoms with Crippen molar-refractivity contribution in [3.8, 4) is 0 Å². The third-order valence-corrected chi connectivity index (χ3v) is 13.4. The number of nitrogens with zero attached hydrogens (tertiary/aromatic N) is 7. The summed E-state index contributed by atoms with van der Waals surface area (Å²) in [5, 5.41) is 2.67. The lowest BCUT2D eigenvalue weighted by Gasteiger charge is -2.42. The number of piperidine rings is 1. The molecule has 1 unspecified atom stereocenters. The molecule has 1 saturated carbocycles. The Morgan fingerprint density at radius 1 is 0.984 bits per heavy atom. The minimum atomic E-state index is -0.726. The molecule has 7 rings (SSSR count). The van der Waals surface area contributed by atoms with E-state index in [4.69, 9.17) is 0 Å². The van der Waals surface area contributed by atoms with Crippen LogP contribution in [0.3, 0.4) is 0 Å². The van der Waals surface area contributed by atoms with Crippen LogP contribution in [-0.2, 0) is 6.54 Å². The van der Waals surface area contributed by atoms with Gasteiger partial charge in [-0.15, -0.1) is 0 Å². The lowest BCUT2D eigenvalue weighted by Crippen LogP contribution is -2.53. The van der Waals surface area contributed by atoms with Gasteiger partial charge in [0.2, 0.25) is 0 Å². The van der Waals surface area contributed by atoms with E-state index < -0.39 is 23.0 Å². The highest BCUT2D eigenvalue weighted by Gasteiger charge is 2.31. The molecular weight excluding hydrogens is 814 g/mol. The molecule has 1 N–H and O–H groups in total. The van der Waals surface area contributed by atoms with Crippen LogP contribution in [0.1, 0.15) is 73.0 Å². The number of aromatic nitrogens is 1. The maximum atomic E-state index is 15.7. The van der Waals surface area contributed by atoms with Gasteiger partial charge in [0.1, 0.15) is 11.6 Å². The molecule has 2 aromatic carbocycles. The first kappa shape index (κ1) is 46.7. The molecule has 3 fully saturated rings. The topological polar surface area (TPSA) is 79.7 Å². The van der Waals surface area contributed by atoms with Crippen molar-refractivity contribution in [2.45, 2.75) is 71.5 Å².